The molecule has 2 aliphatic rings. The number of methoxy groups -OCH3 is 1. The van der Waals surface area contributed by atoms with Gasteiger partial charge in [-0.3, -0.25) is 19.5 Å². The first-order chi connectivity index (χ1) is 16.3. The third-order valence-electron chi connectivity index (χ3n) is 6.36. The molecule has 0 aromatic carbocycles. The second kappa shape index (κ2) is 9.78. The van der Waals surface area contributed by atoms with Gasteiger partial charge in [-0.15, -0.1) is 0 Å². The van der Waals surface area contributed by atoms with E-state index >= 15 is 0 Å². The summed E-state index contributed by atoms with van der Waals surface area (Å²) in [7, 11) is 1.26. The average Bonchev–Trinajstić information content (AvgIpc) is 3.30. The minimum atomic E-state index is -0.801. The average molecular weight is 469 g/mol. The van der Waals surface area contributed by atoms with E-state index in [-0.39, 0.29) is 17.0 Å². The van der Waals surface area contributed by atoms with E-state index in [9.17, 15) is 19.5 Å². The summed E-state index contributed by atoms with van der Waals surface area (Å²) in [5.74, 6) is -2.37. The number of morpholine rings is 1. The van der Waals surface area contributed by atoms with Crippen LogP contribution in [-0.4, -0.2) is 89.0 Å². The summed E-state index contributed by atoms with van der Waals surface area (Å²) in [4.78, 5) is 49.2. The molecule has 180 valence electrons. The van der Waals surface area contributed by atoms with E-state index in [1.165, 1.54) is 12.0 Å². The first-order valence-corrected chi connectivity index (χ1v) is 11.1. The fourth-order valence-electron chi connectivity index (χ4n) is 4.61. The molecule has 2 aromatic rings. The molecule has 0 aliphatic carbocycles. The number of H-pyrrole nitrogens is 1. The third kappa shape index (κ3) is 4.22. The number of nitrogens with one attached hydrogen (secondary N) is 1. The maximum absolute atomic E-state index is 13.2. The van der Waals surface area contributed by atoms with E-state index in [0.29, 0.717) is 48.7 Å². The number of aromatic amines is 1. The Morgan fingerprint density at radius 2 is 2.00 bits per heavy atom. The number of carbonyl (C=O) groups is 3. The fourth-order valence-corrected chi connectivity index (χ4v) is 4.61. The summed E-state index contributed by atoms with van der Waals surface area (Å²) < 4.78 is 10.2. The van der Waals surface area contributed by atoms with Crippen LogP contribution in [0.5, 0.6) is 0 Å². The molecule has 2 N–H and O–H groups in total. The third-order valence-corrected chi connectivity index (χ3v) is 6.36. The molecule has 10 nitrogen and oxygen atoms in total. The van der Waals surface area contributed by atoms with Gasteiger partial charge in [0, 0.05) is 49.8 Å². The molecule has 2 aromatic heterocycles. The van der Waals surface area contributed by atoms with Crippen molar-refractivity contribution in [2.24, 2.45) is 0 Å². The van der Waals surface area contributed by atoms with E-state index in [4.69, 9.17) is 9.47 Å². The van der Waals surface area contributed by atoms with Crippen LogP contribution in [0, 0.1) is 13.8 Å². The Bertz CT molecular complexity index is 1130. The lowest BCUT2D eigenvalue weighted by Gasteiger charge is -2.30. The smallest absolute Gasteiger partial charge is 0.354 e. The second-order valence-corrected chi connectivity index (χ2v) is 8.35. The Morgan fingerprint density at radius 3 is 2.65 bits per heavy atom. The van der Waals surface area contributed by atoms with Crippen LogP contribution in [0.3, 0.4) is 0 Å². The van der Waals surface area contributed by atoms with Crippen molar-refractivity contribution in [1.29, 1.82) is 0 Å². The predicted octanol–water partition coefficient (Wildman–Crippen LogP) is 1.57. The molecule has 10 heteroatoms. The Labute approximate surface area is 197 Å². The highest BCUT2D eigenvalue weighted by molar-refractivity contribution is 6.46. The summed E-state index contributed by atoms with van der Waals surface area (Å²) >= 11 is 0. The highest BCUT2D eigenvalue weighted by Gasteiger charge is 2.46. The van der Waals surface area contributed by atoms with Gasteiger partial charge in [0.15, 0.2) is 0 Å². The maximum atomic E-state index is 13.2. The van der Waals surface area contributed by atoms with Gasteiger partial charge in [-0.05, 0) is 31.0 Å². The summed E-state index contributed by atoms with van der Waals surface area (Å²) in [6.07, 6.45) is 3.19. The highest BCUT2D eigenvalue weighted by Crippen LogP contribution is 2.40. The number of hydrogen-bond acceptors (Lipinski definition) is 8. The molecule has 2 fully saturated rings. The molecule has 0 radical (unpaired) electrons. The number of nitrogens with zero attached hydrogens (tertiary/aromatic N) is 3. The van der Waals surface area contributed by atoms with E-state index in [0.717, 1.165) is 13.1 Å². The van der Waals surface area contributed by atoms with Crippen molar-refractivity contribution < 1.29 is 29.0 Å². The molecule has 0 bridgehead atoms. The zero-order valence-corrected chi connectivity index (χ0v) is 19.5. The van der Waals surface area contributed by atoms with Crippen molar-refractivity contribution >= 4 is 23.4 Å². The lowest BCUT2D eigenvalue weighted by molar-refractivity contribution is -0.140. The van der Waals surface area contributed by atoms with Gasteiger partial charge in [-0.25, -0.2) is 4.79 Å². The van der Waals surface area contributed by atoms with Crippen molar-refractivity contribution in [3.05, 3.63) is 58.2 Å². The van der Waals surface area contributed by atoms with Crippen LogP contribution < -0.4 is 0 Å². The SMILES string of the molecule is COC(=O)c1[nH]c(C)c(C(O)=C2C(=O)C(=O)N(CCN3CCOCC3)[C@@H]2c2cccnc2)c1C. The van der Waals surface area contributed by atoms with Gasteiger partial charge in [-0.2, -0.15) is 0 Å². The van der Waals surface area contributed by atoms with Gasteiger partial charge in [0.25, 0.3) is 11.7 Å². The lowest BCUT2D eigenvalue weighted by atomic mass is 9.95. The molecular weight excluding hydrogens is 440 g/mol. The minimum Gasteiger partial charge on any atom is -0.507 e. The molecule has 2 saturated heterocycles. The normalized spacial score (nSPS) is 20.7. The van der Waals surface area contributed by atoms with Crippen LogP contribution in [0.25, 0.3) is 5.76 Å². The monoisotopic (exact) mass is 468 g/mol. The van der Waals surface area contributed by atoms with Gasteiger partial charge in [0.05, 0.1) is 31.9 Å². The number of aryl methyl sites for hydroxylation is 1. The fraction of sp³-hybridized carbons (Fsp3) is 0.417. The van der Waals surface area contributed by atoms with Crippen molar-refractivity contribution in [2.45, 2.75) is 19.9 Å². The van der Waals surface area contributed by atoms with Crippen LogP contribution in [0.4, 0.5) is 0 Å². The van der Waals surface area contributed by atoms with Crippen molar-refractivity contribution in [2.75, 3.05) is 46.5 Å². The number of carbonyl (C=O) groups excluding carboxylic acids is 3. The predicted molar refractivity (Wildman–Crippen MR) is 122 cm³/mol. The lowest BCUT2D eigenvalue weighted by Crippen LogP contribution is -2.42. The van der Waals surface area contributed by atoms with Crippen LogP contribution in [-0.2, 0) is 19.1 Å². The van der Waals surface area contributed by atoms with Crippen LogP contribution in [0.1, 0.15) is 38.9 Å². The topological polar surface area (TPSA) is 125 Å². The van der Waals surface area contributed by atoms with E-state index in [1.54, 1.807) is 38.4 Å². The summed E-state index contributed by atoms with van der Waals surface area (Å²) in [6.45, 7) is 6.96. The number of amides is 1. The zero-order valence-electron chi connectivity index (χ0n) is 19.5. The van der Waals surface area contributed by atoms with Gasteiger partial charge in [0.2, 0.25) is 0 Å². The zero-order chi connectivity index (χ0) is 24.4. The molecule has 2 aliphatic heterocycles. The molecule has 4 heterocycles. The number of Topliss-reactive ketones (excluding diaryl/α,β-unsaturated/α-hetero) is 1. The molecule has 34 heavy (non-hydrogen) atoms. The molecule has 4 rings (SSSR count). The number of ether oxygens (including phenoxy) is 2. The number of likely N-dealkylation sites (tertiary alicyclic amines) is 1. The van der Waals surface area contributed by atoms with Crippen LogP contribution in [0.2, 0.25) is 0 Å². The standard InChI is InChI=1S/C24H28N4O6/c1-14-17(15(2)26-19(14)24(32)33-3)21(29)18-20(16-5-4-6-25-13-16)28(23(31)22(18)30)8-7-27-9-11-34-12-10-27/h4-6,13,20,26,29H,7-12H2,1-3H3/t20-/m1/s1. The number of hydrogen-bond donors (Lipinski definition) is 2. The number of aliphatic hydroxyl groups excluding tert-OH is 1. The maximum Gasteiger partial charge on any atom is 0.354 e. The molecule has 0 unspecified atom stereocenters. The van der Waals surface area contributed by atoms with Gasteiger partial charge >= 0.3 is 5.97 Å². The Morgan fingerprint density at radius 1 is 1.26 bits per heavy atom. The van der Waals surface area contributed by atoms with Crippen molar-refractivity contribution in [1.82, 2.24) is 19.8 Å². The minimum absolute atomic E-state index is 0.0263. The molecule has 1 amide bonds. The van der Waals surface area contributed by atoms with Crippen LogP contribution in [0.15, 0.2) is 30.1 Å². The molecule has 1 atom stereocenters. The molecule has 0 saturated carbocycles. The number of pyridine rings is 1. The van der Waals surface area contributed by atoms with Gasteiger partial charge in [-0.1, -0.05) is 6.07 Å². The van der Waals surface area contributed by atoms with Gasteiger partial charge < -0.3 is 24.5 Å². The number of aromatic nitrogens is 2. The largest absolute Gasteiger partial charge is 0.507 e. The Balaban J connectivity index is 1.78. The van der Waals surface area contributed by atoms with E-state index in [2.05, 4.69) is 14.9 Å². The highest BCUT2D eigenvalue weighted by atomic mass is 16.5. The number of rotatable bonds is 6. The number of ketones is 1. The number of esters is 1. The Kier molecular flexibility index (Phi) is 6.80. The number of aliphatic hydroxyl groups is 1. The van der Waals surface area contributed by atoms with E-state index < -0.39 is 23.7 Å². The second-order valence-electron chi connectivity index (χ2n) is 8.35. The van der Waals surface area contributed by atoms with Crippen molar-refractivity contribution in [3.63, 3.8) is 0 Å². The first-order valence-electron chi connectivity index (χ1n) is 11.1. The molecular formula is C24H28N4O6. The first kappa shape index (κ1) is 23.7. The van der Waals surface area contributed by atoms with Gasteiger partial charge in [0.1, 0.15) is 11.5 Å². The summed E-state index contributed by atoms with van der Waals surface area (Å²) in [6, 6.07) is 2.69. The quantitative estimate of drug-likeness (QED) is 0.283. The summed E-state index contributed by atoms with van der Waals surface area (Å²) in [5, 5.41) is 11.4. The van der Waals surface area contributed by atoms with E-state index in [1.807, 2.05) is 0 Å². The Hall–Kier alpha value is -3.50. The summed E-state index contributed by atoms with van der Waals surface area (Å²) in [5.41, 5.74) is 2.00. The molecule has 0 spiro atoms. The van der Waals surface area contributed by atoms with Crippen molar-refractivity contribution in [3.8, 4) is 0 Å². The van der Waals surface area contributed by atoms with Crippen LogP contribution >= 0.6 is 0 Å².